The number of carbonyl (C=O) groups is 1. The number of rotatable bonds is 7. The number of fused-ring (bicyclic) bond motifs is 1. The standard InChI is InChI=1S/C22H22N2O3S/c1-2-26-19-11-9-16(10-12-19)21-23-24-22(27-21)28-14-20(25)18-8-7-15-5-3-4-6-17(15)13-18/h7-13H,2-6,14H2,1H3. The van der Waals surface area contributed by atoms with E-state index in [1.165, 1.54) is 35.7 Å². The maximum absolute atomic E-state index is 12.6. The van der Waals surface area contributed by atoms with Gasteiger partial charge in [-0.25, -0.2) is 0 Å². The van der Waals surface area contributed by atoms with Crippen LogP contribution in [0.2, 0.25) is 0 Å². The third-order valence-electron chi connectivity index (χ3n) is 4.82. The Kier molecular flexibility index (Phi) is 5.76. The number of hydrogen-bond donors (Lipinski definition) is 0. The lowest BCUT2D eigenvalue weighted by Crippen LogP contribution is -2.07. The average molecular weight is 394 g/mol. The smallest absolute Gasteiger partial charge is 0.277 e. The third kappa shape index (κ3) is 4.28. The van der Waals surface area contributed by atoms with Gasteiger partial charge in [0, 0.05) is 11.1 Å². The summed E-state index contributed by atoms with van der Waals surface area (Å²) < 4.78 is 11.1. The van der Waals surface area contributed by atoms with E-state index in [9.17, 15) is 4.79 Å². The summed E-state index contributed by atoms with van der Waals surface area (Å²) in [7, 11) is 0. The number of thioether (sulfide) groups is 1. The minimum atomic E-state index is 0.0826. The van der Waals surface area contributed by atoms with Crippen molar-refractivity contribution >= 4 is 17.5 Å². The molecule has 0 saturated heterocycles. The first-order valence-electron chi connectivity index (χ1n) is 9.57. The Hall–Kier alpha value is -2.60. The number of aryl methyl sites for hydroxylation is 2. The van der Waals surface area contributed by atoms with Crippen LogP contribution in [0.1, 0.15) is 41.3 Å². The lowest BCUT2D eigenvalue weighted by atomic mass is 9.90. The SMILES string of the molecule is CCOc1ccc(-c2nnc(SCC(=O)c3ccc4c(c3)CCCC4)o2)cc1. The fourth-order valence-corrected chi connectivity index (χ4v) is 4.02. The zero-order chi connectivity index (χ0) is 19.3. The minimum absolute atomic E-state index is 0.0826. The predicted octanol–water partition coefficient (Wildman–Crippen LogP) is 4.99. The Bertz CT molecular complexity index is 966. The van der Waals surface area contributed by atoms with E-state index in [4.69, 9.17) is 9.15 Å². The third-order valence-corrected chi connectivity index (χ3v) is 5.63. The van der Waals surface area contributed by atoms with Crippen molar-refractivity contribution in [2.24, 2.45) is 0 Å². The molecule has 28 heavy (non-hydrogen) atoms. The molecule has 6 heteroatoms. The van der Waals surface area contributed by atoms with Gasteiger partial charge in [0.2, 0.25) is 5.89 Å². The number of hydrogen-bond acceptors (Lipinski definition) is 6. The van der Waals surface area contributed by atoms with Crippen molar-refractivity contribution in [3.63, 3.8) is 0 Å². The Balaban J connectivity index is 1.38. The number of Topliss-reactive ketones (excluding diaryl/α,β-unsaturated/α-hetero) is 1. The summed E-state index contributed by atoms with van der Waals surface area (Å²) in [6.07, 6.45) is 4.63. The number of ether oxygens (including phenoxy) is 1. The quantitative estimate of drug-likeness (QED) is 0.415. The molecule has 1 aliphatic carbocycles. The summed E-state index contributed by atoms with van der Waals surface area (Å²) in [6.45, 7) is 2.57. The van der Waals surface area contributed by atoms with Gasteiger partial charge in [-0.15, -0.1) is 10.2 Å². The molecule has 0 bridgehead atoms. The average Bonchev–Trinajstić information content (AvgIpc) is 3.21. The highest BCUT2D eigenvalue weighted by Gasteiger charge is 2.15. The molecular formula is C22H22N2O3S. The Labute approximate surface area is 168 Å². The number of nitrogens with zero attached hydrogens (tertiary/aromatic N) is 2. The number of aromatic nitrogens is 2. The molecule has 0 aliphatic heterocycles. The molecule has 2 aromatic carbocycles. The lowest BCUT2D eigenvalue weighted by Gasteiger charge is -2.16. The van der Waals surface area contributed by atoms with Crippen molar-refractivity contribution in [1.82, 2.24) is 10.2 Å². The molecule has 144 valence electrons. The van der Waals surface area contributed by atoms with E-state index in [-0.39, 0.29) is 11.5 Å². The van der Waals surface area contributed by atoms with Crippen LogP contribution in [0.5, 0.6) is 5.75 Å². The molecule has 5 nitrogen and oxygen atoms in total. The second kappa shape index (κ2) is 8.61. The van der Waals surface area contributed by atoms with Crippen LogP contribution in [0.4, 0.5) is 0 Å². The van der Waals surface area contributed by atoms with Crippen molar-refractivity contribution < 1.29 is 13.9 Å². The Morgan fingerprint density at radius 1 is 1.07 bits per heavy atom. The molecule has 3 aromatic rings. The van der Waals surface area contributed by atoms with Crippen LogP contribution < -0.4 is 4.74 Å². The van der Waals surface area contributed by atoms with Crippen LogP contribution in [-0.4, -0.2) is 28.3 Å². The van der Waals surface area contributed by atoms with Gasteiger partial charge in [0.05, 0.1) is 12.4 Å². The van der Waals surface area contributed by atoms with Crippen molar-refractivity contribution in [1.29, 1.82) is 0 Å². The van der Waals surface area contributed by atoms with E-state index in [1.807, 2.05) is 37.3 Å². The monoisotopic (exact) mass is 394 g/mol. The van der Waals surface area contributed by atoms with Crippen LogP contribution in [0.3, 0.4) is 0 Å². The fraction of sp³-hybridized carbons (Fsp3) is 0.318. The zero-order valence-corrected chi connectivity index (χ0v) is 16.6. The van der Waals surface area contributed by atoms with Crippen LogP contribution in [0, 0.1) is 0 Å². The maximum Gasteiger partial charge on any atom is 0.277 e. The highest BCUT2D eigenvalue weighted by atomic mass is 32.2. The van der Waals surface area contributed by atoms with Gasteiger partial charge in [-0.05, 0) is 74.1 Å². The number of carbonyl (C=O) groups excluding carboxylic acids is 1. The summed E-state index contributed by atoms with van der Waals surface area (Å²) in [5.41, 5.74) is 4.29. The summed E-state index contributed by atoms with van der Waals surface area (Å²) in [5, 5.41) is 8.53. The van der Waals surface area contributed by atoms with Gasteiger partial charge in [-0.2, -0.15) is 0 Å². The molecule has 0 N–H and O–H groups in total. The summed E-state index contributed by atoms with van der Waals surface area (Å²) >= 11 is 1.27. The molecular weight excluding hydrogens is 372 g/mol. The molecule has 0 radical (unpaired) electrons. The molecule has 0 spiro atoms. The highest BCUT2D eigenvalue weighted by molar-refractivity contribution is 7.99. The summed E-state index contributed by atoms with van der Waals surface area (Å²) in [6, 6.07) is 13.6. The molecule has 0 fully saturated rings. The molecule has 0 atom stereocenters. The topological polar surface area (TPSA) is 65.2 Å². The summed E-state index contributed by atoms with van der Waals surface area (Å²) in [5.74, 6) is 1.60. The van der Waals surface area contributed by atoms with Gasteiger partial charge in [-0.1, -0.05) is 23.9 Å². The van der Waals surface area contributed by atoms with E-state index in [0.29, 0.717) is 17.7 Å². The molecule has 4 rings (SSSR count). The predicted molar refractivity (Wildman–Crippen MR) is 109 cm³/mol. The second-order valence-electron chi connectivity index (χ2n) is 6.73. The van der Waals surface area contributed by atoms with Gasteiger partial charge in [0.1, 0.15) is 5.75 Å². The molecule has 1 aliphatic rings. The number of ketones is 1. The van der Waals surface area contributed by atoms with E-state index in [0.717, 1.165) is 29.7 Å². The Morgan fingerprint density at radius 3 is 2.64 bits per heavy atom. The van der Waals surface area contributed by atoms with E-state index >= 15 is 0 Å². The van der Waals surface area contributed by atoms with Gasteiger partial charge in [0.15, 0.2) is 5.78 Å². The molecule has 1 heterocycles. The van der Waals surface area contributed by atoms with Gasteiger partial charge >= 0.3 is 0 Å². The van der Waals surface area contributed by atoms with E-state index < -0.39 is 0 Å². The zero-order valence-electron chi connectivity index (χ0n) is 15.8. The first-order valence-corrected chi connectivity index (χ1v) is 10.6. The van der Waals surface area contributed by atoms with Crippen LogP contribution in [-0.2, 0) is 12.8 Å². The van der Waals surface area contributed by atoms with Gasteiger partial charge < -0.3 is 9.15 Å². The Morgan fingerprint density at radius 2 is 1.86 bits per heavy atom. The van der Waals surface area contributed by atoms with Crippen molar-refractivity contribution in [3.8, 4) is 17.2 Å². The van der Waals surface area contributed by atoms with Crippen LogP contribution >= 0.6 is 11.8 Å². The molecule has 1 aromatic heterocycles. The normalized spacial score (nSPS) is 13.2. The van der Waals surface area contributed by atoms with E-state index in [1.54, 1.807) is 0 Å². The minimum Gasteiger partial charge on any atom is -0.494 e. The first-order chi connectivity index (χ1) is 13.7. The number of benzene rings is 2. The van der Waals surface area contributed by atoms with Gasteiger partial charge in [-0.3, -0.25) is 4.79 Å². The molecule has 0 unspecified atom stereocenters. The summed E-state index contributed by atoms with van der Waals surface area (Å²) in [4.78, 5) is 12.6. The lowest BCUT2D eigenvalue weighted by molar-refractivity contribution is 0.102. The largest absolute Gasteiger partial charge is 0.494 e. The first kappa shape index (κ1) is 18.7. The van der Waals surface area contributed by atoms with Crippen molar-refractivity contribution in [3.05, 3.63) is 59.2 Å². The van der Waals surface area contributed by atoms with Crippen LogP contribution in [0.15, 0.2) is 52.1 Å². The van der Waals surface area contributed by atoms with Crippen molar-refractivity contribution in [2.75, 3.05) is 12.4 Å². The molecule has 0 saturated carbocycles. The molecule has 0 amide bonds. The highest BCUT2D eigenvalue weighted by Crippen LogP contribution is 2.26. The van der Waals surface area contributed by atoms with Gasteiger partial charge in [0.25, 0.3) is 5.22 Å². The maximum atomic E-state index is 12.6. The fourth-order valence-electron chi connectivity index (χ4n) is 3.36. The second-order valence-corrected chi connectivity index (χ2v) is 7.66. The van der Waals surface area contributed by atoms with Crippen LogP contribution in [0.25, 0.3) is 11.5 Å². The van der Waals surface area contributed by atoms with Crippen molar-refractivity contribution in [2.45, 2.75) is 37.8 Å². The van der Waals surface area contributed by atoms with E-state index in [2.05, 4.69) is 22.3 Å².